The summed E-state index contributed by atoms with van der Waals surface area (Å²) in [6.45, 7) is 13.9. The van der Waals surface area contributed by atoms with Crippen LogP contribution in [-0.2, 0) is 9.53 Å². The normalized spacial score (nSPS) is 22.8. The van der Waals surface area contributed by atoms with Crippen LogP contribution in [0.25, 0.3) is 0 Å². The maximum atomic E-state index is 11.8. The van der Waals surface area contributed by atoms with Crippen LogP contribution in [0.5, 0.6) is 0 Å². The molecule has 19 heavy (non-hydrogen) atoms. The van der Waals surface area contributed by atoms with Crippen LogP contribution in [0, 0.1) is 11.3 Å². The molecule has 0 aromatic heterocycles. The molecule has 0 aromatic carbocycles. The molecular formula is C15H30N2O2. The lowest BCUT2D eigenvalue weighted by atomic mass is 9.80. The number of methoxy groups -OCH3 is 1. The van der Waals surface area contributed by atoms with Crippen LogP contribution in [0.3, 0.4) is 0 Å². The number of nitrogens with zero attached hydrogens (tertiary/aromatic N) is 1. The Balaban J connectivity index is 2.54. The van der Waals surface area contributed by atoms with E-state index in [1.807, 2.05) is 0 Å². The maximum absolute atomic E-state index is 11.8. The maximum Gasteiger partial charge on any atom is 0.324 e. The van der Waals surface area contributed by atoms with Crippen molar-refractivity contribution >= 4 is 5.97 Å². The number of carbonyl (C=O) groups excluding carboxylic acids is 1. The number of rotatable bonds is 5. The van der Waals surface area contributed by atoms with Gasteiger partial charge in [0.15, 0.2) is 0 Å². The van der Waals surface area contributed by atoms with Crippen molar-refractivity contribution in [3.8, 4) is 0 Å². The predicted molar refractivity (Wildman–Crippen MR) is 78.1 cm³/mol. The SMILES string of the molecule is COC(=O)C(CN1CCC(C(C)(C)C)C1)NC(C)C. The van der Waals surface area contributed by atoms with E-state index in [4.69, 9.17) is 4.74 Å². The standard InChI is InChI=1S/C15H30N2O2/c1-11(2)16-13(14(18)19-6)10-17-8-7-12(9-17)15(3,4)5/h11-13,16H,7-10H2,1-6H3. The molecule has 1 saturated heterocycles. The van der Waals surface area contributed by atoms with E-state index in [0.717, 1.165) is 19.6 Å². The van der Waals surface area contributed by atoms with Crippen LogP contribution in [0.2, 0.25) is 0 Å². The quantitative estimate of drug-likeness (QED) is 0.775. The molecule has 1 fully saturated rings. The van der Waals surface area contributed by atoms with E-state index in [0.29, 0.717) is 11.3 Å². The number of hydrogen-bond acceptors (Lipinski definition) is 4. The molecule has 1 rings (SSSR count). The highest BCUT2D eigenvalue weighted by atomic mass is 16.5. The minimum Gasteiger partial charge on any atom is -0.468 e. The first-order valence-corrected chi connectivity index (χ1v) is 7.30. The molecule has 1 N–H and O–H groups in total. The molecule has 1 heterocycles. The third-order valence-corrected chi connectivity index (χ3v) is 3.96. The predicted octanol–water partition coefficient (Wildman–Crippen LogP) is 1.89. The van der Waals surface area contributed by atoms with E-state index in [1.54, 1.807) is 0 Å². The molecule has 4 heteroatoms. The van der Waals surface area contributed by atoms with Gasteiger partial charge in [0.25, 0.3) is 0 Å². The summed E-state index contributed by atoms with van der Waals surface area (Å²) in [5.74, 6) is 0.553. The number of hydrogen-bond donors (Lipinski definition) is 1. The molecule has 112 valence electrons. The first kappa shape index (κ1) is 16.4. The van der Waals surface area contributed by atoms with E-state index < -0.39 is 0 Å². The van der Waals surface area contributed by atoms with E-state index in [1.165, 1.54) is 13.5 Å². The summed E-state index contributed by atoms with van der Waals surface area (Å²) in [6, 6.07) is 0.0637. The molecule has 0 amide bonds. The van der Waals surface area contributed by atoms with Gasteiger partial charge in [-0.25, -0.2) is 0 Å². The van der Waals surface area contributed by atoms with Gasteiger partial charge in [-0.1, -0.05) is 34.6 Å². The molecule has 4 nitrogen and oxygen atoms in total. The lowest BCUT2D eigenvalue weighted by molar-refractivity contribution is -0.143. The van der Waals surface area contributed by atoms with Gasteiger partial charge in [0.05, 0.1) is 7.11 Å². The van der Waals surface area contributed by atoms with Crippen molar-refractivity contribution in [3.05, 3.63) is 0 Å². The van der Waals surface area contributed by atoms with Crippen LogP contribution >= 0.6 is 0 Å². The average molecular weight is 270 g/mol. The minimum absolute atomic E-state index is 0.159. The summed E-state index contributed by atoms with van der Waals surface area (Å²) in [4.78, 5) is 14.2. The van der Waals surface area contributed by atoms with Gasteiger partial charge in [-0.3, -0.25) is 4.79 Å². The highest BCUT2D eigenvalue weighted by Crippen LogP contribution is 2.33. The molecule has 1 aliphatic rings. The zero-order valence-corrected chi connectivity index (χ0v) is 13.3. The molecule has 2 atom stereocenters. The van der Waals surface area contributed by atoms with Crippen LogP contribution in [0.1, 0.15) is 41.0 Å². The van der Waals surface area contributed by atoms with Gasteiger partial charge in [-0.15, -0.1) is 0 Å². The van der Waals surface area contributed by atoms with E-state index in [2.05, 4.69) is 44.8 Å². The highest BCUT2D eigenvalue weighted by molar-refractivity contribution is 5.76. The molecule has 0 saturated carbocycles. The van der Waals surface area contributed by atoms with Crippen LogP contribution in [0.15, 0.2) is 0 Å². The second-order valence-corrected chi connectivity index (χ2v) is 7.01. The first-order valence-electron chi connectivity index (χ1n) is 7.30. The van der Waals surface area contributed by atoms with Crippen molar-refractivity contribution in [2.45, 2.75) is 53.1 Å². The molecule has 2 unspecified atom stereocenters. The van der Waals surface area contributed by atoms with Gasteiger partial charge in [-0.2, -0.15) is 0 Å². The molecule has 0 aromatic rings. The van der Waals surface area contributed by atoms with Gasteiger partial charge in [0, 0.05) is 19.1 Å². The summed E-state index contributed by atoms with van der Waals surface area (Å²) in [6.07, 6.45) is 1.22. The van der Waals surface area contributed by atoms with Gasteiger partial charge >= 0.3 is 5.97 Å². The summed E-state index contributed by atoms with van der Waals surface area (Å²) < 4.78 is 4.89. The van der Waals surface area contributed by atoms with E-state index in [-0.39, 0.29) is 18.1 Å². The molecule has 0 spiro atoms. The average Bonchev–Trinajstić information content (AvgIpc) is 2.74. The lowest BCUT2D eigenvalue weighted by Crippen LogP contribution is -2.48. The smallest absolute Gasteiger partial charge is 0.324 e. The Morgan fingerprint density at radius 3 is 2.47 bits per heavy atom. The third kappa shape index (κ3) is 5.11. The van der Waals surface area contributed by atoms with Crippen LogP contribution < -0.4 is 5.32 Å². The zero-order valence-electron chi connectivity index (χ0n) is 13.3. The minimum atomic E-state index is -0.219. The number of likely N-dealkylation sites (tertiary alicyclic amines) is 1. The van der Waals surface area contributed by atoms with Crippen molar-refractivity contribution < 1.29 is 9.53 Å². The second-order valence-electron chi connectivity index (χ2n) is 7.01. The summed E-state index contributed by atoms with van der Waals surface area (Å²) in [7, 11) is 1.46. The number of ether oxygens (including phenoxy) is 1. The van der Waals surface area contributed by atoms with E-state index >= 15 is 0 Å². The van der Waals surface area contributed by atoms with Crippen LogP contribution in [-0.4, -0.2) is 49.7 Å². The largest absolute Gasteiger partial charge is 0.468 e. The molecule has 0 aliphatic carbocycles. The Bertz CT molecular complexity index is 297. The fraction of sp³-hybridized carbons (Fsp3) is 0.933. The second kappa shape index (κ2) is 6.71. The lowest BCUT2D eigenvalue weighted by Gasteiger charge is -2.28. The number of nitrogens with one attached hydrogen (secondary N) is 1. The van der Waals surface area contributed by atoms with Crippen molar-refractivity contribution in [2.75, 3.05) is 26.7 Å². The van der Waals surface area contributed by atoms with Crippen molar-refractivity contribution in [1.29, 1.82) is 0 Å². The Hall–Kier alpha value is -0.610. The first-order chi connectivity index (χ1) is 8.74. The van der Waals surface area contributed by atoms with Gasteiger partial charge in [0.2, 0.25) is 0 Å². The Labute approximate surface area is 117 Å². The molecular weight excluding hydrogens is 240 g/mol. The summed E-state index contributed by atoms with van der Waals surface area (Å²) >= 11 is 0. The number of carbonyl (C=O) groups is 1. The van der Waals surface area contributed by atoms with Crippen LogP contribution in [0.4, 0.5) is 0 Å². The fourth-order valence-corrected chi connectivity index (χ4v) is 2.70. The third-order valence-electron chi connectivity index (χ3n) is 3.96. The topological polar surface area (TPSA) is 41.6 Å². The molecule has 0 bridgehead atoms. The van der Waals surface area contributed by atoms with Crippen molar-refractivity contribution in [1.82, 2.24) is 10.2 Å². The van der Waals surface area contributed by atoms with Gasteiger partial charge < -0.3 is 15.0 Å². The highest BCUT2D eigenvalue weighted by Gasteiger charge is 2.33. The number of esters is 1. The zero-order chi connectivity index (χ0) is 14.6. The fourth-order valence-electron chi connectivity index (χ4n) is 2.70. The molecule has 0 radical (unpaired) electrons. The Kier molecular flexibility index (Phi) is 5.81. The van der Waals surface area contributed by atoms with Gasteiger partial charge in [-0.05, 0) is 24.3 Å². The van der Waals surface area contributed by atoms with Gasteiger partial charge in [0.1, 0.15) is 6.04 Å². The van der Waals surface area contributed by atoms with Crippen molar-refractivity contribution in [3.63, 3.8) is 0 Å². The monoisotopic (exact) mass is 270 g/mol. The van der Waals surface area contributed by atoms with E-state index in [9.17, 15) is 4.79 Å². The van der Waals surface area contributed by atoms with Crippen molar-refractivity contribution in [2.24, 2.45) is 11.3 Å². The Morgan fingerprint density at radius 2 is 2.05 bits per heavy atom. The summed E-state index contributed by atoms with van der Waals surface area (Å²) in [5.41, 5.74) is 0.348. The summed E-state index contributed by atoms with van der Waals surface area (Å²) in [5, 5.41) is 3.29. The molecule has 1 aliphatic heterocycles. The Morgan fingerprint density at radius 1 is 1.42 bits per heavy atom.